The molecule has 39 heavy (non-hydrogen) atoms. The predicted molar refractivity (Wildman–Crippen MR) is 150 cm³/mol. The van der Waals surface area contributed by atoms with Gasteiger partial charge in [0.05, 0.1) is 19.8 Å². The minimum Gasteiger partial charge on any atom is -0.493 e. The average Bonchev–Trinajstić information content (AvgIpc) is 3.80. The summed E-state index contributed by atoms with van der Waals surface area (Å²) in [6, 6.07) is 11.8. The first-order chi connectivity index (χ1) is 19.0. The summed E-state index contributed by atoms with van der Waals surface area (Å²) >= 11 is 0. The Kier molecular flexibility index (Phi) is 7.84. The predicted octanol–water partition coefficient (Wildman–Crippen LogP) is 3.57. The van der Waals surface area contributed by atoms with E-state index in [9.17, 15) is 4.79 Å². The molecule has 9 nitrogen and oxygen atoms in total. The topological polar surface area (TPSA) is 126 Å². The van der Waals surface area contributed by atoms with Gasteiger partial charge < -0.3 is 30.6 Å². The highest BCUT2D eigenvalue weighted by atomic mass is 16.5. The van der Waals surface area contributed by atoms with E-state index in [0.29, 0.717) is 42.5 Å². The SMILES string of the molecule is COc1cc(Cc2cnc(N)nc2N)cc(C#Cc2cccc(N(C(=O)C3CC3)C3CCOCC3)c2)c1OC. The number of nitrogens with zero attached hydrogens (tertiary/aromatic N) is 3. The Morgan fingerprint density at radius 2 is 1.87 bits per heavy atom. The molecule has 1 aliphatic carbocycles. The molecule has 1 amide bonds. The van der Waals surface area contributed by atoms with Crippen LogP contribution in [0.5, 0.6) is 11.5 Å². The Hall–Kier alpha value is -4.29. The van der Waals surface area contributed by atoms with Crippen LogP contribution in [-0.4, -0.2) is 49.4 Å². The highest BCUT2D eigenvalue weighted by molar-refractivity contribution is 5.97. The molecule has 0 radical (unpaired) electrons. The second kappa shape index (κ2) is 11.6. The van der Waals surface area contributed by atoms with Gasteiger partial charge in [0, 0.05) is 54.6 Å². The summed E-state index contributed by atoms with van der Waals surface area (Å²) in [4.78, 5) is 23.4. The van der Waals surface area contributed by atoms with E-state index in [2.05, 4.69) is 21.8 Å². The van der Waals surface area contributed by atoms with Gasteiger partial charge in [0.2, 0.25) is 11.9 Å². The molecule has 1 saturated heterocycles. The van der Waals surface area contributed by atoms with Crippen LogP contribution in [0, 0.1) is 17.8 Å². The van der Waals surface area contributed by atoms with E-state index in [4.69, 9.17) is 25.7 Å². The molecule has 2 heterocycles. The molecule has 5 rings (SSSR count). The van der Waals surface area contributed by atoms with Crippen molar-refractivity contribution in [3.63, 3.8) is 0 Å². The van der Waals surface area contributed by atoms with Crippen molar-refractivity contribution in [2.45, 2.75) is 38.1 Å². The Labute approximate surface area is 228 Å². The highest BCUT2D eigenvalue weighted by Gasteiger charge is 2.37. The number of ether oxygens (including phenoxy) is 3. The van der Waals surface area contributed by atoms with Crippen molar-refractivity contribution in [1.29, 1.82) is 0 Å². The van der Waals surface area contributed by atoms with Crippen LogP contribution in [0.25, 0.3) is 0 Å². The van der Waals surface area contributed by atoms with Crippen molar-refractivity contribution in [3.05, 3.63) is 64.8 Å². The van der Waals surface area contributed by atoms with Gasteiger partial charge in [0.1, 0.15) is 5.82 Å². The van der Waals surface area contributed by atoms with Gasteiger partial charge in [-0.1, -0.05) is 17.9 Å². The molecule has 2 aromatic carbocycles. The summed E-state index contributed by atoms with van der Waals surface area (Å²) in [6.45, 7) is 1.34. The summed E-state index contributed by atoms with van der Waals surface area (Å²) in [6.07, 6.45) is 5.69. The number of hydrogen-bond donors (Lipinski definition) is 2. The van der Waals surface area contributed by atoms with Crippen LogP contribution < -0.4 is 25.8 Å². The molecule has 2 fully saturated rings. The van der Waals surface area contributed by atoms with Crippen molar-refractivity contribution >= 4 is 23.4 Å². The maximum absolute atomic E-state index is 13.3. The van der Waals surface area contributed by atoms with Gasteiger partial charge in [-0.05, 0) is 61.6 Å². The molecule has 1 aliphatic heterocycles. The van der Waals surface area contributed by atoms with Crippen molar-refractivity contribution in [2.75, 3.05) is 43.8 Å². The van der Waals surface area contributed by atoms with E-state index in [0.717, 1.165) is 48.1 Å². The average molecular weight is 528 g/mol. The first-order valence-corrected chi connectivity index (χ1v) is 13.1. The number of hydrogen-bond acceptors (Lipinski definition) is 8. The Balaban J connectivity index is 1.47. The summed E-state index contributed by atoms with van der Waals surface area (Å²) < 4.78 is 16.8. The molecule has 0 bridgehead atoms. The van der Waals surface area contributed by atoms with Crippen molar-refractivity contribution in [3.8, 4) is 23.3 Å². The molecule has 0 unspecified atom stereocenters. The number of carbonyl (C=O) groups excluding carboxylic acids is 1. The van der Waals surface area contributed by atoms with Crippen molar-refractivity contribution < 1.29 is 19.0 Å². The van der Waals surface area contributed by atoms with Crippen LogP contribution in [0.4, 0.5) is 17.5 Å². The van der Waals surface area contributed by atoms with Gasteiger partial charge in [0.25, 0.3) is 0 Å². The Bertz CT molecular complexity index is 1420. The van der Waals surface area contributed by atoms with Gasteiger partial charge in [-0.2, -0.15) is 4.98 Å². The van der Waals surface area contributed by atoms with Crippen LogP contribution in [0.1, 0.15) is 47.9 Å². The number of methoxy groups -OCH3 is 2. The molecular weight excluding hydrogens is 494 g/mol. The lowest BCUT2D eigenvalue weighted by Gasteiger charge is -2.34. The minimum absolute atomic E-state index is 0.127. The second-order valence-corrected chi connectivity index (χ2v) is 9.82. The number of anilines is 3. The van der Waals surface area contributed by atoms with Crippen LogP contribution in [-0.2, 0) is 16.0 Å². The Morgan fingerprint density at radius 3 is 2.56 bits per heavy atom. The molecule has 2 aliphatic rings. The summed E-state index contributed by atoms with van der Waals surface area (Å²) in [5.74, 6) is 8.41. The molecule has 1 aromatic heterocycles. The number of amides is 1. The van der Waals surface area contributed by atoms with Crippen LogP contribution >= 0.6 is 0 Å². The molecule has 4 N–H and O–H groups in total. The van der Waals surface area contributed by atoms with Gasteiger partial charge >= 0.3 is 0 Å². The maximum Gasteiger partial charge on any atom is 0.230 e. The van der Waals surface area contributed by atoms with Crippen molar-refractivity contribution in [2.24, 2.45) is 5.92 Å². The van der Waals surface area contributed by atoms with Crippen LogP contribution in [0.15, 0.2) is 42.6 Å². The number of benzene rings is 2. The smallest absolute Gasteiger partial charge is 0.230 e. The normalized spacial score (nSPS) is 15.2. The fourth-order valence-electron chi connectivity index (χ4n) is 4.87. The van der Waals surface area contributed by atoms with Crippen LogP contribution in [0.2, 0.25) is 0 Å². The third-order valence-electron chi connectivity index (χ3n) is 7.04. The largest absolute Gasteiger partial charge is 0.493 e. The molecule has 9 heteroatoms. The van der Waals surface area contributed by atoms with E-state index < -0.39 is 0 Å². The molecule has 1 saturated carbocycles. The van der Waals surface area contributed by atoms with E-state index in [1.54, 1.807) is 20.4 Å². The zero-order valence-corrected chi connectivity index (χ0v) is 22.3. The molecule has 0 atom stereocenters. The number of nitrogens with two attached hydrogens (primary N) is 2. The third-order valence-corrected chi connectivity index (χ3v) is 7.04. The molecule has 0 spiro atoms. The minimum atomic E-state index is 0.127. The summed E-state index contributed by atoms with van der Waals surface area (Å²) in [7, 11) is 3.18. The first-order valence-electron chi connectivity index (χ1n) is 13.1. The number of rotatable bonds is 7. The van der Waals surface area contributed by atoms with E-state index >= 15 is 0 Å². The third kappa shape index (κ3) is 6.07. The number of carbonyl (C=O) groups is 1. The molecule has 3 aromatic rings. The fraction of sp³-hybridized carbons (Fsp3) is 0.367. The quantitative estimate of drug-likeness (QED) is 0.447. The summed E-state index contributed by atoms with van der Waals surface area (Å²) in [5, 5.41) is 0. The standard InChI is InChI=1S/C30H33N5O4/c1-37-26-17-20(15-23-18-33-30(32)34-28(23)31)14-22(27(26)38-2)7-6-19-4-3-5-25(16-19)35(29(36)21-8-9-21)24-10-12-39-13-11-24/h3-5,14,16-18,21,24H,8-13,15H2,1-2H3,(H4,31,32,33,34). The van der Waals surface area contributed by atoms with Gasteiger partial charge in [0.15, 0.2) is 11.5 Å². The maximum atomic E-state index is 13.3. The monoisotopic (exact) mass is 527 g/mol. The van der Waals surface area contributed by atoms with Crippen molar-refractivity contribution in [1.82, 2.24) is 9.97 Å². The summed E-state index contributed by atoms with van der Waals surface area (Å²) in [5.41, 5.74) is 15.7. The van der Waals surface area contributed by atoms with Gasteiger partial charge in [-0.25, -0.2) is 4.98 Å². The lowest BCUT2D eigenvalue weighted by molar-refractivity contribution is -0.120. The number of aromatic nitrogens is 2. The van der Waals surface area contributed by atoms with E-state index in [-0.39, 0.29) is 23.8 Å². The lowest BCUT2D eigenvalue weighted by Crippen LogP contribution is -2.44. The van der Waals surface area contributed by atoms with Gasteiger partial charge in [-0.15, -0.1) is 0 Å². The first kappa shape index (κ1) is 26.3. The van der Waals surface area contributed by atoms with E-state index in [1.807, 2.05) is 41.3 Å². The lowest BCUT2D eigenvalue weighted by atomic mass is 10.0. The fourth-order valence-corrected chi connectivity index (χ4v) is 4.87. The Morgan fingerprint density at radius 1 is 1.08 bits per heavy atom. The second-order valence-electron chi connectivity index (χ2n) is 9.82. The van der Waals surface area contributed by atoms with Gasteiger partial charge in [-0.3, -0.25) is 4.79 Å². The molecule has 202 valence electrons. The van der Waals surface area contributed by atoms with E-state index in [1.165, 1.54) is 0 Å². The zero-order chi connectivity index (χ0) is 27.4. The van der Waals surface area contributed by atoms with Crippen LogP contribution in [0.3, 0.4) is 0 Å². The number of nitrogen functional groups attached to an aromatic ring is 2. The zero-order valence-electron chi connectivity index (χ0n) is 22.3. The molecular formula is C30H33N5O4. The highest BCUT2D eigenvalue weighted by Crippen LogP contribution is 2.36.